The molecule has 5 nitrogen and oxygen atoms in total. The third kappa shape index (κ3) is 4.07. The Bertz CT molecular complexity index is 755. The number of ether oxygens (including phenoxy) is 1. The number of carbonyl (C=O) groups is 1. The van der Waals surface area contributed by atoms with Gasteiger partial charge in [-0.1, -0.05) is 0 Å². The fraction of sp³-hybridized carbons (Fsp3) is 0.500. The van der Waals surface area contributed by atoms with Gasteiger partial charge in [-0.15, -0.1) is 11.3 Å². The van der Waals surface area contributed by atoms with Gasteiger partial charge < -0.3 is 9.64 Å². The standard InChI is InChI=1S/C20H27N3O2S/c1-14(2)22-10-5-11-23(13-12-22)20(24)18-15(3)21-19(26-18)16-6-8-17(25-4)9-7-16/h6-9,14H,5,10-13H2,1-4H3. The number of aromatic nitrogens is 1. The molecule has 140 valence electrons. The van der Waals surface area contributed by atoms with E-state index in [0.717, 1.165) is 59.5 Å². The van der Waals surface area contributed by atoms with Gasteiger partial charge in [0, 0.05) is 37.8 Å². The molecule has 0 bridgehead atoms. The van der Waals surface area contributed by atoms with Gasteiger partial charge in [0.15, 0.2) is 0 Å². The van der Waals surface area contributed by atoms with Crippen molar-refractivity contribution in [1.82, 2.24) is 14.8 Å². The van der Waals surface area contributed by atoms with Gasteiger partial charge in [0.1, 0.15) is 15.6 Å². The molecule has 0 unspecified atom stereocenters. The van der Waals surface area contributed by atoms with Crippen molar-refractivity contribution in [2.45, 2.75) is 33.2 Å². The van der Waals surface area contributed by atoms with Crippen molar-refractivity contribution < 1.29 is 9.53 Å². The lowest BCUT2D eigenvalue weighted by Gasteiger charge is -2.24. The molecule has 6 heteroatoms. The number of nitrogens with zero attached hydrogens (tertiary/aromatic N) is 3. The largest absolute Gasteiger partial charge is 0.497 e. The molecule has 1 aliphatic rings. The van der Waals surface area contributed by atoms with E-state index in [1.807, 2.05) is 36.1 Å². The Morgan fingerprint density at radius 1 is 1.15 bits per heavy atom. The quantitative estimate of drug-likeness (QED) is 0.820. The molecule has 0 saturated carbocycles. The zero-order valence-corrected chi connectivity index (χ0v) is 16.8. The lowest BCUT2D eigenvalue weighted by molar-refractivity contribution is 0.0763. The number of methoxy groups -OCH3 is 1. The van der Waals surface area contributed by atoms with E-state index < -0.39 is 0 Å². The number of amides is 1. The van der Waals surface area contributed by atoms with Crippen LogP contribution in [-0.4, -0.2) is 60.0 Å². The minimum atomic E-state index is 0.116. The Morgan fingerprint density at radius 3 is 2.54 bits per heavy atom. The molecule has 1 aromatic carbocycles. The van der Waals surface area contributed by atoms with Gasteiger partial charge in [-0.3, -0.25) is 9.69 Å². The van der Waals surface area contributed by atoms with Crippen LogP contribution in [0.3, 0.4) is 0 Å². The molecule has 1 saturated heterocycles. The third-order valence-corrected chi connectivity index (χ3v) is 6.07. The number of carbonyl (C=O) groups excluding carboxylic acids is 1. The van der Waals surface area contributed by atoms with Crippen molar-refractivity contribution in [3.8, 4) is 16.3 Å². The molecule has 0 N–H and O–H groups in total. The molecular formula is C20H27N3O2S. The van der Waals surface area contributed by atoms with Crippen LogP contribution in [0.5, 0.6) is 5.75 Å². The van der Waals surface area contributed by atoms with Crippen LogP contribution in [0.1, 0.15) is 35.6 Å². The lowest BCUT2D eigenvalue weighted by Crippen LogP contribution is -2.37. The molecule has 0 radical (unpaired) electrons. The maximum absolute atomic E-state index is 13.1. The van der Waals surface area contributed by atoms with Gasteiger partial charge in [-0.2, -0.15) is 0 Å². The van der Waals surface area contributed by atoms with E-state index in [1.165, 1.54) is 11.3 Å². The summed E-state index contributed by atoms with van der Waals surface area (Å²) in [6.07, 6.45) is 1.02. The van der Waals surface area contributed by atoms with Crippen LogP contribution in [0.4, 0.5) is 0 Å². The van der Waals surface area contributed by atoms with E-state index in [1.54, 1.807) is 7.11 Å². The minimum absolute atomic E-state index is 0.116. The summed E-state index contributed by atoms with van der Waals surface area (Å²) in [5.41, 5.74) is 1.83. The third-order valence-electron chi connectivity index (χ3n) is 4.88. The highest BCUT2D eigenvalue weighted by Crippen LogP contribution is 2.30. The van der Waals surface area contributed by atoms with Crippen molar-refractivity contribution in [3.05, 3.63) is 34.8 Å². The molecule has 0 spiro atoms. The maximum atomic E-state index is 13.1. The van der Waals surface area contributed by atoms with Gasteiger partial charge in [-0.25, -0.2) is 4.98 Å². The van der Waals surface area contributed by atoms with Crippen molar-refractivity contribution in [2.24, 2.45) is 0 Å². The number of hydrogen-bond donors (Lipinski definition) is 0. The molecule has 1 aromatic heterocycles. The first-order valence-electron chi connectivity index (χ1n) is 9.14. The summed E-state index contributed by atoms with van der Waals surface area (Å²) in [5.74, 6) is 0.933. The van der Waals surface area contributed by atoms with E-state index in [0.29, 0.717) is 6.04 Å². The summed E-state index contributed by atoms with van der Waals surface area (Å²) in [7, 11) is 1.65. The summed E-state index contributed by atoms with van der Waals surface area (Å²) in [5, 5.41) is 0.882. The van der Waals surface area contributed by atoms with E-state index >= 15 is 0 Å². The highest BCUT2D eigenvalue weighted by Gasteiger charge is 2.25. The predicted octanol–water partition coefficient (Wildman–Crippen LogP) is 3.68. The summed E-state index contributed by atoms with van der Waals surface area (Å²) in [6, 6.07) is 8.33. The van der Waals surface area contributed by atoms with Gasteiger partial charge in [-0.05, 0) is 51.5 Å². The molecule has 0 atom stereocenters. The summed E-state index contributed by atoms with van der Waals surface area (Å²) in [4.78, 5) is 22.9. The van der Waals surface area contributed by atoms with E-state index in [4.69, 9.17) is 4.74 Å². The number of benzene rings is 1. The van der Waals surface area contributed by atoms with Crippen LogP contribution < -0.4 is 4.74 Å². The molecule has 0 aliphatic carbocycles. The van der Waals surface area contributed by atoms with Gasteiger partial charge in [0.2, 0.25) is 0 Å². The second-order valence-corrected chi connectivity index (χ2v) is 7.94. The molecule has 3 rings (SSSR count). The monoisotopic (exact) mass is 373 g/mol. The second kappa shape index (κ2) is 8.18. The van der Waals surface area contributed by atoms with Crippen LogP contribution in [0.15, 0.2) is 24.3 Å². The molecule has 1 aliphatic heterocycles. The molecule has 1 amide bonds. The SMILES string of the molecule is COc1ccc(-c2nc(C)c(C(=O)N3CCCN(C(C)C)CC3)s2)cc1. The first-order chi connectivity index (χ1) is 12.5. The Kier molecular flexibility index (Phi) is 5.94. The minimum Gasteiger partial charge on any atom is -0.497 e. The molecule has 2 aromatic rings. The first kappa shape index (κ1) is 18.9. The summed E-state index contributed by atoms with van der Waals surface area (Å²) < 4.78 is 5.21. The van der Waals surface area contributed by atoms with Crippen LogP contribution in [0, 0.1) is 6.92 Å². The topological polar surface area (TPSA) is 45.7 Å². The Morgan fingerprint density at radius 2 is 1.88 bits per heavy atom. The number of hydrogen-bond acceptors (Lipinski definition) is 5. The Hall–Kier alpha value is -1.92. The highest BCUT2D eigenvalue weighted by molar-refractivity contribution is 7.17. The Labute approximate surface area is 159 Å². The van der Waals surface area contributed by atoms with Gasteiger partial charge in [0.25, 0.3) is 5.91 Å². The summed E-state index contributed by atoms with van der Waals surface area (Å²) >= 11 is 1.48. The fourth-order valence-corrected chi connectivity index (χ4v) is 4.29. The average Bonchev–Trinajstić information content (AvgIpc) is 2.87. The van der Waals surface area contributed by atoms with Crippen LogP contribution in [-0.2, 0) is 0 Å². The normalized spacial score (nSPS) is 16.0. The Balaban J connectivity index is 1.76. The predicted molar refractivity (Wildman–Crippen MR) is 106 cm³/mol. The number of rotatable bonds is 4. The van der Waals surface area contributed by atoms with Crippen molar-refractivity contribution in [1.29, 1.82) is 0 Å². The second-order valence-electron chi connectivity index (χ2n) is 6.94. The smallest absolute Gasteiger partial charge is 0.265 e. The lowest BCUT2D eigenvalue weighted by atomic mass is 10.2. The van der Waals surface area contributed by atoms with E-state index in [-0.39, 0.29) is 5.91 Å². The van der Waals surface area contributed by atoms with Gasteiger partial charge in [0.05, 0.1) is 12.8 Å². The highest BCUT2D eigenvalue weighted by atomic mass is 32.1. The van der Waals surface area contributed by atoms with E-state index in [2.05, 4.69) is 23.7 Å². The van der Waals surface area contributed by atoms with Crippen molar-refractivity contribution in [2.75, 3.05) is 33.3 Å². The fourth-order valence-electron chi connectivity index (χ4n) is 3.25. The molecular weight excluding hydrogens is 346 g/mol. The first-order valence-corrected chi connectivity index (χ1v) is 9.96. The van der Waals surface area contributed by atoms with Gasteiger partial charge >= 0.3 is 0 Å². The van der Waals surface area contributed by atoms with Crippen molar-refractivity contribution >= 4 is 17.2 Å². The zero-order chi connectivity index (χ0) is 18.7. The molecule has 1 fully saturated rings. The van der Waals surface area contributed by atoms with Crippen LogP contribution >= 0.6 is 11.3 Å². The van der Waals surface area contributed by atoms with E-state index in [9.17, 15) is 4.79 Å². The molecule has 2 heterocycles. The van der Waals surface area contributed by atoms with Crippen LogP contribution in [0.25, 0.3) is 10.6 Å². The number of aryl methyl sites for hydroxylation is 1. The van der Waals surface area contributed by atoms with Crippen molar-refractivity contribution in [3.63, 3.8) is 0 Å². The molecule has 26 heavy (non-hydrogen) atoms. The zero-order valence-electron chi connectivity index (χ0n) is 16.0. The maximum Gasteiger partial charge on any atom is 0.265 e. The number of thiazole rings is 1. The van der Waals surface area contributed by atoms with Crippen LogP contribution in [0.2, 0.25) is 0 Å². The summed E-state index contributed by atoms with van der Waals surface area (Å²) in [6.45, 7) is 9.95. The average molecular weight is 374 g/mol.